The molecule has 0 radical (unpaired) electrons. The van der Waals surface area contributed by atoms with Gasteiger partial charge in [-0.05, 0) is 31.0 Å². The van der Waals surface area contributed by atoms with Crippen molar-refractivity contribution >= 4 is 17.6 Å². The number of likely N-dealkylation sites (N-methyl/N-ethyl adjacent to an activating group) is 1. The Labute approximate surface area is 153 Å². The summed E-state index contributed by atoms with van der Waals surface area (Å²) in [6.07, 6.45) is 2.16. The Morgan fingerprint density at radius 1 is 1.31 bits per heavy atom. The van der Waals surface area contributed by atoms with Crippen molar-refractivity contribution in [2.45, 2.75) is 31.8 Å². The van der Waals surface area contributed by atoms with Crippen LogP contribution in [0.25, 0.3) is 0 Å². The third-order valence-electron chi connectivity index (χ3n) is 5.51. The standard InChI is InChI=1S/C19H25N5O2/c1-4-9-24-17(25)15-16(21(3)19(24)26)20-18-22(10-6-11-23(15)18)14-8-5-7-13(2)12-14/h4-5,7-8,12,15-16,18,20H,1,6,9-11H2,2-3H3. The molecule has 0 saturated carbocycles. The van der Waals surface area contributed by atoms with Crippen LogP contribution >= 0.6 is 0 Å². The third-order valence-corrected chi connectivity index (χ3v) is 5.51. The Balaban J connectivity index is 1.67. The van der Waals surface area contributed by atoms with E-state index in [4.69, 9.17) is 0 Å². The van der Waals surface area contributed by atoms with Gasteiger partial charge in [0.05, 0.1) is 0 Å². The first kappa shape index (κ1) is 17.1. The van der Waals surface area contributed by atoms with Crippen molar-refractivity contribution in [2.24, 2.45) is 0 Å². The molecule has 3 aliphatic heterocycles. The number of carbonyl (C=O) groups is 2. The van der Waals surface area contributed by atoms with Gasteiger partial charge in [0.25, 0.3) is 5.91 Å². The number of hydrogen-bond acceptors (Lipinski definition) is 5. The van der Waals surface area contributed by atoms with Crippen molar-refractivity contribution in [1.82, 2.24) is 20.0 Å². The zero-order chi connectivity index (χ0) is 18.4. The van der Waals surface area contributed by atoms with E-state index in [-0.39, 0.29) is 37.0 Å². The molecule has 3 fully saturated rings. The Kier molecular flexibility index (Phi) is 4.20. The van der Waals surface area contributed by atoms with Gasteiger partial charge < -0.3 is 9.80 Å². The third kappa shape index (κ3) is 2.50. The van der Waals surface area contributed by atoms with Crippen molar-refractivity contribution < 1.29 is 9.59 Å². The zero-order valence-corrected chi connectivity index (χ0v) is 15.3. The highest BCUT2D eigenvalue weighted by molar-refractivity contribution is 6.00. The molecule has 1 N–H and O–H groups in total. The first-order valence-electron chi connectivity index (χ1n) is 9.07. The molecular formula is C19H25N5O2. The van der Waals surface area contributed by atoms with Gasteiger partial charge >= 0.3 is 6.03 Å². The van der Waals surface area contributed by atoms with E-state index >= 15 is 0 Å². The SMILES string of the molecule is C=CCN1C(=O)C2C(NC3N(c4cccc(C)c4)CCCN23)N(C)C1=O. The number of benzene rings is 1. The zero-order valence-electron chi connectivity index (χ0n) is 15.3. The van der Waals surface area contributed by atoms with E-state index in [1.165, 1.54) is 10.5 Å². The highest BCUT2D eigenvalue weighted by atomic mass is 16.2. The molecule has 0 aromatic heterocycles. The van der Waals surface area contributed by atoms with Gasteiger partial charge in [0, 0.05) is 32.4 Å². The lowest BCUT2D eigenvalue weighted by Crippen LogP contribution is -2.66. The average molecular weight is 355 g/mol. The summed E-state index contributed by atoms with van der Waals surface area (Å²) in [5.74, 6) is -0.140. The highest BCUT2D eigenvalue weighted by Gasteiger charge is 2.55. The summed E-state index contributed by atoms with van der Waals surface area (Å²) < 4.78 is 0. The molecule has 26 heavy (non-hydrogen) atoms. The predicted octanol–water partition coefficient (Wildman–Crippen LogP) is 1.17. The number of nitrogens with zero attached hydrogens (tertiary/aromatic N) is 4. The maximum absolute atomic E-state index is 13.0. The molecule has 0 spiro atoms. The smallest absolute Gasteiger partial charge is 0.328 e. The maximum Gasteiger partial charge on any atom is 0.328 e. The van der Waals surface area contributed by atoms with Crippen LogP contribution < -0.4 is 10.2 Å². The number of nitrogens with one attached hydrogen (secondary N) is 1. The Bertz CT molecular complexity index is 751. The van der Waals surface area contributed by atoms with Gasteiger partial charge in [-0.1, -0.05) is 18.2 Å². The van der Waals surface area contributed by atoms with Crippen molar-refractivity contribution in [3.63, 3.8) is 0 Å². The lowest BCUT2D eigenvalue weighted by molar-refractivity contribution is -0.138. The molecule has 3 aliphatic rings. The monoisotopic (exact) mass is 355 g/mol. The van der Waals surface area contributed by atoms with Crippen molar-refractivity contribution in [2.75, 3.05) is 31.6 Å². The molecule has 3 unspecified atom stereocenters. The summed E-state index contributed by atoms with van der Waals surface area (Å²) in [6, 6.07) is 7.75. The minimum Gasteiger partial charge on any atom is -0.343 e. The second-order valence-corrected chi connectivity index (χ2v) is 7.18. The van der Waals surface area contributed by atoms with Crippen LogP contribution in [-0.2, 0) is 4.79 Å². The minimum absolute atomic E-state index is 0.0940. The highest BCUT2D eigenvalue weighted by Crippen LogP contribution is 2.33. The number of amides is 3. The Hall–Kier alpha value is -2.38. The fraction of sp³-hybridized carbons (Fsp3) is 0.474. The molecule has 1 aromatic rings. The number of urea groups is 1. The summed E-state index contributed by atoms with van der Waals surface area (Å²) in [5, 5.41) is 3.52. The molecule has 3 atom stereocenters. The molecule has 4 rings (SSSR count). The van der Waals surface area contributed by atoms with E-state index in [2.05, 4.69) is 52.9 Å². The fourth-order valence-corrected chi connectivity index (χ4v) is 4.29. The van der Waals surface area contributed by atoms with E-state index in [1.807, 2.05) is 0 Å². The van der Waals surface area contributed by atoms with Gasteiger partial charge in [-0.25, -0.2) is 4.79 Å². The lowest BCUT2D eigenvalue weighted by atomic mass is 10.1. The number of hydrogen-bond donors (Lipinski definition) is 1. The van der Waals surface area contributed by atoms with Gasteiger partial charge in [0.1, 0.15) is 18.5 Å². The molecule has 0 bridgehead atoms. The van der Waals surface area contributed by atoms with Crippen LogP contribution in [0.5, 0.6) is 0 Å². The molecule has 3 heterocycles. The first-order valence-corrected chi connectivity index (χ1v) is 9.07. The first-order chi connectivity index (χ1) is 12.5. The maximum atomic E-state index is 13.0. The van der Waals surface area contributed by atoms with Crippen LogP contribution in [0.3, 0.4) is 0 Å². The molecule has 138 valence electrons. The van der Waals surface area contributed by atoms with Crippen LogP contribution in [-0.4, -0.2) is 71.8 Å². The molecule has 7 heteroatoms. The van der Waals surface area contributed by atoms with E-state index in [9.17, 15) is 9.59 Å². The Morgan fingerprint density at radius 3 is 2.85 bits per heavy atom. The van der Waals surface area contributed by atoms with Crippen LogP contribution in [0, 0.1) is 6.92 Å². The van der Waals surface area contributed by atoms with Crippen LogP contribution in [0.1, 0.15) is 12.0 Å². The normalized spacial score (nSPS) is 29.0. The van der Waals surface area contributed by atoms with E-state index in [1.54, 1.807) is 18.0 Å². The minimum atomic E-state index is -0.366. The van der Waals surface area contributed by atoms with Crippen LogP contribution in [0.4, 0.5) is 10.5 Å². The average Bonchev–Trinajstić information content (AvgIpc) is 3.03. The van der Waals surface area contributed by atoms with E-state index in [0.717, 1.165) is 25.2 Å². The molecule has 7 nitrogen and oxygen atoms in total. The summed E-state index contributed by atoms with van der Waals surface area (Å²) in [6.45, 7) is 7.74. The summed E-state index contributed by atoms with van der Waals surface area (Å²) >= 11 is 0. The van der Waals surface area contributed by atoms with E-state index < -0.39 is 0 Å². The number of anilines is 1. The topological polar surface area (TPSA) is 59.1 Å². The van der Waals surface area contributed by atoms with E-state index in [0.29, 0.717) is 0 Å². The van der Waals surface area contributed by atoms with Crippen LogP contribution in [0.15, 0.2) is 36.9 Å². The largest absolute Gasteiger partial charge is 0.343 e. The second kappa shape index (κ2) is 6.41. The van der Waals surface area contributed by atoms with Gasteiger partial charge in [-0.3, -0.25) is 19.9 Å². The van der Waals surface area contributed by atoms with Crippen LogP contribution in [0.2, 0.25) is 0 Å². The number of carbonyl (C=O) groups excluding carboxylic acids is 2. The van der Waals surface area contributed by atoms with Crippen molar-refractivity contribution in [3.05, 3.63) is 42.5 Å². The second-order valence-electron chi connectivity index (χ2n) is 7.18. The number of aryl methyl sites for hydroxylation is 1. The van der Waals surface area contributed by atoms with Gasteiger partial charge in [0.2, 0.25) is 0 Å². The van der Waals surface area contributed by atoms with Gasteiger partial charge in [0.15, 0.2) is 0 Å². The quantitative estimate of drug-likeness (QED) is 0.825. The van der Waals surface area contributed by atoms with Crippen molar-refractivity contribution in [3.8, 4) is 0 Å². The number of fused-ring (bicyclic) bond motifs is 3. The number of imide groups is 1. The Morgan fingerprint density at radius 2 is 2.12 bits per heavy atom. The van der Waals surface area contributed by atoms with Crippen molar-refractivity contribution in [1.29, 1.82) is 0 Å². The predicted molar refractivity (Wildman–Crippen MR) is 99.4 cm³/mol. The summed E-state index contributed by atoms with van der Waals surface area (Å²) in [4.78, 5) is 33.0. The molecule has 3 saturated heterocycles. The summed E-state index contributed by atoms with van der Waals surface area (Å²) in [7, 11) is 1.75. The number of rotatable bonds is 3. The molecule has 3 amide bonds. The van der Waals surface area contributed by atoms with Gasteiger partial charge in [-0.2, -0.15) is 0 Å². The summed E-state index contributed by atoms with van der Waals surface area (Å²) in [5.41, 5.74) is 2.34. The molecule has 1 aromatic carbocycles. The lowest BCUT2D eigenvalue weighted by Gasteiger charge is -2.43. The fourth-order valence-electron chi connectivity index (χ4n) is 4.29. The molecular weight excluding hydrogens is 330 g/mol. The van der Waals surface area contributed by atoms with Gasteiger partial charge in [-0.15, -0.1) is 6.58 Å². The molecule has 0 aliphatic carbocycles.